The highest BCUT2D eigenvalue weighted by Crippen LogP contribution is 2.36. The maximum absolute atomic E-state index is 12.4. The zero-order valence-corrected chi connectivity index (χ0v) is 17.4. The lowest BCUT2D eigenvalue weighted by Crippen LogP contribution is -2.38. The summed E-state index contributed by atoms with van der Waals surface area (Å²) in [5.74, 6) is 0.297. The maximum Gasteiger partial charge on any atom is 0.322 e. The van der Waals surface area contributed by atoms with Crippen molar-refractivity contribution in [2.75, 3.05) is 6.54 Å². The molecule has 8 nitrogen and oxygen atoms in total. The van der Waals surface area contributed by atoms with Gasteiger partial charge in [-0.15, -0.1) is 12.3 Å². The highest BCUT2D eigenvalue weighted by molar-refractivity contribution is 6.01. The number of hydrogen-bond donors (Lipinski definition) is 3. The number of hydrazone groups is 1. The molecule has 0 fully saturated rings. The number of aliphatic hydroxyl groups excluding tert-OH is 1. The Morgan fingerprint density at radius 1 is 1.29 bits per heavy atom. The summed E-state index contributed by atoms with van der Waals surface area (Å²) < 4.78 is 0. The number of aromatic nitrogens is 1. The third kappa shape index (κ3) is 5.70. The second kappa shape index (κ2) is 11.2. The van der Waals surface area contributed by atoms with Crippen molar-refractivity contribution in [1.29, 1.82) is 0 Å². The van der Waals surface area contributed by atoms with E-state index in [1.807, 2.05) is 25.1 Å². The van der Waals surface area contributed by atoms with E-state index in [2.05, 4.69) is 21.3 Å². The van der Waals surface area contributed by atoms with Crippen LogP contribution in [0.15, 0.2) is 53.5 Å². The lowest BCUT2D eigenvalue weighted by Gasteiger charge is -2.29. The Kier molecular flexibility index (Phi) is 8.34. The number of rotatable bonds is 5. The van der Waals surface area contributed by atoms with Crippen LogP contribution in [-0.4, -0.2) is 44.8 Å². The molecule has 1 aliphatic rings. The molecule has 0 saturated heterocycles. The molecule has 3 N–H and O–H groups in total. The summed E-state index contributed by atoms with van der Waals surface area (Å²) in [7, 11) is 0. The van der Waals surface area contributed by atoms with Crippen LogP contribution in [0.4, 0.5) is 0 Å². The number of amides is 1. The van der Waals surface area contributed by atoms with Crippen LogP contribution in [0, 0.1) is 12.3 Å². The smallest absolute Gasteiger partial charge is 0.322 e. The SMILES string of the molecule is C#CCC.C/C=N\N1Cc2c(cccc2-c2ccncc2)C(O)=C1C(=O)NCC(=O)O. The standard InChI is InChI=1S/C19H18N4O4.C4H6/c1-2-22-23-11-15-13(12-6-8-20-9-7-12)4-3-5-14(15)18(26)17(23)19(27)21-10-16(24)25;1-3-4-2/h2-9,26H,10-11H2,1H3,(H,21,27)(H,24,25);1H,4H2,2H3/b22-2-;. The molecule has 2 heterocycles. The van der Waals surface area contributed by atoms with Crippen LogP contribution in [0.3, 0.4) is 0 Å². The summed E-state index contributed by atoms with van der Waals surface area (Å²) in [6, 6.07) is 9.14. The van der Waals surface area contributed by atoms with Gasteiger partial charge in [0.05, 0.1) is 6.54 Å². The lowest BCUT2D eigenvalue weighted by molar-refractivity contribution is -0.137. The maximum atomic E-state index is 12.4. The van der Waals surface area contributed by atoms with E-state index in [1.165, 1.54) is 11.2 Å². The van der Waals surface area contributed by atoms with Gasteiger partial charge in [0.2, 0.25) is 0 Å². The molecule has 1 aliphatic heterocycles. The summed E-state index contributed by atoms with van der Waals surface area (Å²) >= 11 is 0. The van der Waals surface area contributed by atoms with Crippen LogP contribution in [0.5, 0.6) is 0 Å². The third-order valence-corrected chi connectivity index (χ3v) is 4.29. The fourth-order valence-corrected chi connectivity index (χ4v) is 2.96. The molecule has 0 aliphatic carbocycles. The van der Waals surface area contributed by atoms with E-state index in [1.54, 1.807) is 31.5 Å². The fraction of sp³-hybridized carbons (Fsp3) is 0.217. The van der Waals surface area contributed by atoms with Crippen LogP contribution in [0.25, 0.3) is 16.9 Å². The van der Waals surface area contributed by atoms with Gasteiger partial charge in [0.15, 0.2) is 11.5 Å². The zero-order valence-electron chi connectivity index (χ0n) is 17.4. The minimum atomic E-state index is -1.18. The van der Waals surface area contributed by atoms with Gasteiger partial charge in [0.25, 0.3) is 5.91 Å². The minimum absolute atomic E-state index is 0.0891. The van der Waals surface area contributed by atoms with Crippen LogP contribution in [0.2, 0.25) is 0 Å². The van der Waals surface area contributed by atoms with Crippen LogP contribution in [-0.2, 0) is 16.1 Å². The van der Waals surface area contributed by atoms with E-state index in [4.69, 9.17) is 11.5 Å². The Bertz CT molecular complexity index is 1040. The highest BCUT2D eigenvalue weighted by Gasteiger charge is 2.31. The molecular weight excluding hydrogens is 396 g/mol. The molecule has 3 rings (SSSR count). The number of nitrogens with one attached hydrogen (secondary N) is 1. The topological polar surface area (TPSA) is 115 Å². The van der Waals surface area contributed by atoms with Crippen molar-refractivity contribution >= 4 is 23.9 Å². The molecule has 0 atom stereocenters. The first kappa shape index (κ1) is 23.2. The van der Waals surface area contributed by atoms with E-state index in [-0.39, 0.29) is 18.0 Å². The molecule has 1 aromatic heterocycles. The number of carboxylic acid groups (broad SMARTS) is 1. The Morgan fingerprint density at radius 2 is 1.94 bits per heavy atom. The van der Waals surface area contributed by atoms with E-state index < -0.39 is 18.4 Å². The second-order valence-corrected chi connectivity index (χ2v) is 6.33. The van der Waals surface area contributed by atoms with Gasteiger partial charge < -0.3 is 15.5 Å². The average molecular weight is 420 g/mol. The molecule has 8 heteroatoms. The Morgan fingerprint density at radius 3 is 2.52 bits per heavy atom. The summed E-state index contributed by atoms with van der Waals surface area (Å²) in [5, 5.41) is 27.3. The average Bonchev–Trinajstić information content (AvgIpc) is 2.78. The van der Waals surface area contributed by atoms with Gasteiger partial charge in [-0.25, -0.2) is 0 Å². The summed E-state index contributed by atoms with van der Waals surface area (Å²) in [4.78, 5) is 27.2. The van der Waals surface area contributed by atoms with Crippen molar-refractivity contribution < 1.29 is 19.8 Å². The number of carbonyl (C=O) groups excluding carboxylic acids is 1. The highest BCUT2D eigenvalue weighted by atomic mass is 16.4. The quantitative estimate of drug-likeness (QED) is 0.506. The fourth-order valence-electron chi connectivity index (χ4n) is 2.96. The number of aliphatic carboxylic acids is 1. The van der Waals surface area contributed by atoms with Gasteiger partial charge in [0.1, 0.15) is 6.54 Å². The van der Waals surface area contributed by atoms with Crippen LogP contribution < -0.4 is 5.32 Å². The number of aliphatic hydroxyl groups is 1. The van der Waals surface area contributed by atoms with E-state index in [9.17, 15) is 14.7 Å². The molecule has 0 bridgehead atoms. The first-order valence-corrected chi connectivity index (χ1v) is 9.60. The summed E-state index contributed by atoms with van der Waals surface area (Å²) in [6.07, 6.45) is 10.5. The number of terminal acetylenes is 1. The van der Waals surface area contributed by atoms with Crippen molar-refractivity contribution in [2.45, 2.75) is 26.8 Å². The molecule has 160 valence electrons. The van der Waals surface area contributed by atoms with Crippen LogP contribution >= 0.6 is 0 Å². The van der Waals surface area contributed by atoms with E-state index in [0.717, 1.165) is 23.1 Å². The predicted molar refractivity (Wildman–Crippen MR) is 119 cm³/mol. The molecular formula is C23H24N4O4. The van der Waals surface area contributed by atoms with Crippen molar-refractivity contribution in [2.24, 2.45) is 5.10 Å². The number of pyridine rings is 1. The summed E-state index contributed by atoms with van der Waals surface area (Å²) in [6.45, 7) is 3.33. The Labute approximate surface area is 180 Å². The van der Waals surface area contributed by atoms with E-state index in [0.29, 0.717) is 5.56 Å². The molecule has 2 aromatic rings. The zero-order chi connectivity index (χ0) is 22.8. The normalized spacial score (nSPS) is 12.5. The van der Waals surface area contributed by atoms with Gasteiger partial charge in [-0.1, -0.05) is 25.1 Å². The molecule has 1 amide bonds. The first-order valence-electron chi connectivity index (χ1n) is 9.60. The van der Waals surface area contributed by atoms with Crippen molar-refractivity contribution in [3.63, 3.8) is 0 Å². The monoisotopic (exact) mass is 420 g/mol. The molecule has 0 saturated carbocycles. The first-order chi connectivity index (χ1) is 14.9. The predicted octanol–water partition coefficient (Wildman–Crippen LogP) is 3.03. The van der Waals surface area contributed by atoms with E-state index >= 15 is 0 Å². The lowest BCUT2D eigenvalue weighted by atomic mass is 9.92. The number of fused-ring (bicyclic) bond motifs is 1. The molecule has 0 spiro atoms. The second-order valence-electron chi connectivity index (χ2n) is 6.33. The number of nitrogens with zero attached hydrogens (tertiary/aromatic N) is 3. The molecule has 1 aromatic carbocycles. The number of benzene rings is 1. The van der Waals surface area contributed by atoms with Crippen molar-refractivity contribution in [3.05, 3.63) is 59.5 Å². The molecule has 0 radical (unpaired) electrons. The van der Waals surface area contributed by atoms with Crippen molar-refractivity contribution in [1.82, 2.24) is 15.3 Å². The molecule has 0 unspecified atom stereocenters. The Balaban J connectivity index is 0.000000785. The van der Waals surface area contributed by atoms with Gasteiger partial charge >= 0.3 is 5.97 Å². The van der Waals surface area contributed by atoms with Crippen molar-refractivity contribution in [3.8, 4) is 23.5 Å². The van der Waals surface area contributed by atoms with Crippen LogP contribution in [0.1, 0.15) is 31.4 Å². The third-order valence-electron chi connectivity index (χ3n) is 4.29. The Hall–Kier alpha value is -4.12. The largest absolute Gasteiger partial charge is 0.505 e. The number of carboxylic acids is 1. The van der Waals surface area contributed by atoms with Gasteiger partial charge in [-0.2, -0.15) is 5.10 Å². The van der Waals surface area contributed by atoms with Gasteiger partial charge in [0, 0.05) is 30.6 Å². The van der Waals surface area contributed by atoms with Gasteiger partial charge in [-0.3, -0.25) is 19.6 Å². The van der Waals surface area contributed by atoms with Gasteiger partial charge in [-0.05, 0) is 35.7 Å². The number of hydrogen-bond acceptors (Lipinski definition) is 6. The summed E-state index contributed by atoms with van der Waals surface area (Å²) in [5.41, 5.74) is 3.04. The minimum Gasteiger partial charge on any atom is -0.505 e. The molecule has 31 heavy (non-hydrogen) atoms. The number of carbonyl (C=O) groups is 2.